The lowest BCUT2D eigenvalue weighted by Crippen LogP contribution is -2.41. The number of likely N-dealkylation sites (tertiary alicyclic amines) is 1. The van der Waals surface area contributed by atoms with Crippen molar-refractivity contribution in [2.45, 2.75) is 37.6 Å². The first-order valence-corrected chi connectivity index (χ1v) is 9.73. The average Bonchev–Trinajstić information content (AvgIpc) is 3.05. The van der Waals surface area contributed by atoms with Gasteiger partial charge in [-0.3, -0.25) is 24.1 Å². The summed E-state index contributed by atoms with van der Waals surface area (Å²) in [5, 5.41) is 0. The molecule has 1 N–H and O–H groups in total. The minimum absolute atomic E-state index is 0.120. The summed E-state index contributed by atoms with van der Waals surface area (Å²) in [6, 6.07) is 3.99. The van der Waals surface area contributed by atoms with E-state index in [1.165, 1.54) is 38.1 Å². The molecule has 1 aromatic rings. The van der Waals surface area contributed by atoms with E-state index in [1.807, 2.05) is 0 Å². The van der Waals surface area contributed by atoms with Gasteiger partial charge in [0, 0.05) is 18.5 Å². The average molecular weight is 396 g/mol. The fourth-order valence-electron chi connectivity index (χ4n) is 2.47. The molecule has 9 nitrogen and oxygen atoms in total. The molecular formula is C17H20N2O7S. The summed E-state index contributed by atoms with van der Waals surface area (Å²) in [7, 11) is -4.02. The zero-order valence-electron chi connectivity index (χ0n) is 14.9. The number of carbonyl (C=O) groups is 4. The lowest BCUT2D eigenvalue weighted by Gasteiger charge is -2.16. The van der Waals surface area contributed by atoms with Crippen molar-refractivity contribution in [3.63, 3.8) is 0 Å². The Morgan fingerprint density at radius 3 is 2.37 bits per heavy atom. The number of nitrogens with zero attached hydrogens (tertiary/aromatic N) is 1. The number of esters is 1. The first-order chi connectivity index (χ1) is 12.6. The van der Waals surface area contributed by atoms with Crippen molar-refractivity contribution in [2.75, 3.05) is 13.2 Å². The number of sulfonamides is 1. The van der Waals surface area contributed by atoms with Gasteiger partial charge in [-0.2, -0.15) is 4.72 Å². The lowest BCUT2D eigenvalue weighted by atomic mass is 10.2. The zero-order chi connectivity index (χ0) is 20.2. The van der Waals surface area contributed by atoms with Crippen molar-refractivity contribution in [1.29, 1.82) is 0 Å². The van der Waals surface area contributed by atoms with E-state index in [0.29, 0.717) is 12.0 Å². The molecule has 2 amide bonds. The molecule has 1 atom stereocenters. The maximum absolute atomic E-state index is 12.3. The van der Waals surface area contributed by atoms with Gasteiger partial charge >= 0.3 is 5.97 Å². The van der Waals surface area contributed by atoms with Crippen LogP contribution in [0.4, 0.5) is 0 Å². The second-order valence-corrected chi connectivity index (χ2v) is 7.79. The Labute approximate surface area is 156 Å². The first kappa shape index (κ1) is 20.7. The smallest absolute Gasteiger partial charge is 0.324 e. The van der Waals surface area contributed by atoms with Gasteiger partial charge in [-0.15, -0.1) is 0 Å². The van der Waals surface area contributed by atoms with Crippen LogP contribution < -0.4 is 4.72 Å². The molecule has 0 aliphatic carbocycles. The van der Waals surface area contributed by atoms with Gasteiger partial charge in [-0.05, 0) is 32.4 Å². The Hall–Kier alpha value is -2.59. The van der Waals surface area contributed by atoms with Gasteiger partial charge in [-0.25, -0.2) is 8.42 Å². The predicted molar refractivity (Wildman–Crippen MR) is 93.1 cm³/mol. The molecule has 0 radical (unpaired) electrons. The molecule has 0 unspecified atom stereocenters. The molecule has 1 aliphatic heterocycles. The van der Waals surface area contributed by atoms with Crippen molar-refractivity contribution in [1.82, 2.24) is 9.62 Å². The van der Waals surface area contributed by atoms with E-state index < -0.39 is 34.5 Å². The van der Waals surface area contributed by atoms with Gasteiger partial charge in [-0.1, -0.05) is 12.1 Å². The van der Waals surface area contributed by atoms with Gasteiger partial charge in [0.05, 0.1) is 4.90 Å². The molecule has 1 aromatic carbocycles. The Kier molecular flexibility index (Phi) is 6.45. The zero-order valence-corrected chi connectivity index (χ0v) is 15.7. The summed E-state index contributed by atoms with van der Waals surface area (Å²) < 4.78 is 31.5. The number of imide groups is 1. The second-order valence-electron chi connectivity index (χ2n) is 6.07. The molecular weight excluding hydrogens is 376 g/mol. The minimum Gasteiger partial charge on any atom is -0.454 e. The van der Waals surface area contributed by atoms with Gasteiger partial charge in [0.2, 0.25) is 15.9 Å². The fourth-order valence-corrected chi connectivity index (χ4v) is 3.66. The van der Waals surface area contributed by atoms with E-state index in [9.17, 15) is 27.6 Å². The molecule has 0 saturated carbocycles. The number of carbonyl (C=O) groups excluding carboxylic acids is 4. The third-order valence-electron chi connectivity index (χ3n) is 3.97. The van der Waals surface area contributed by atoms with Crippen molar-refractivity contribution < 1.29 is 32.3 Å². The number of rotatable bonds is 7. The molecule has 10 heteroatoms. The van der Waals surface area contributed by atoms with Crippen LogP contribution in [0.1, 0.15) is 37.0 Å². The maximum Gasteiger partial charge on any atom is 0.324 e. The molecule has 146 valence electrons. The van der Waals surface area contributed by atoms with Crippen molar-refractivity contribution in [3.8, 4) is 0 Å². The summed E-state index contributed by atoms with van der Waals surface area (Å²) in [6.45, 7) is 2.28. The van der Waals surface area contributed by atoms with Crippen LogP contribution in [0.25, 0.3) is 0 Å². The Morgan fingerprint density at radius 2 is 1.85 bits per heavy atom. The molecule has 27 heavy (non-hydrogen) atoms. The quantitative estimate of drug-likeness (QED) is 0.517. The topological polar surface area (TPSA) is 127 Å². The summed E-state index contributed by atoms with van der Waals surface area (Å²) in [5.41, 5.74) is 0.358. The number of Topliss-reactive ketones (excluding diaryl/α,β-unsaturated/α-hetero) is 1. The van der Waals surface area contributed by atoms with Crippen LogP contribution in [-0.2, 0) is 29.1 Å². The van der Waals surface area contributed by atoms with Crippen LogP contribution in [0.5, 0.6) is 0 Å². The number of amides is 2. The van der Waals surface area contributed by atoms with Gasteiger partial charge in [0.1, 0.15) is 6.04 Å². The van der Waals surface area contributed by atoms with Gasteiger partial charge < -0.3 is 4.74 Å². The SMILES string of the molecule is CC(=O)c1ccc(S(=O)(=O)N[C@@H](C)C(=O)OCC(=O)N2CCCC2=O)cc1. The summed E-state index contributed by atoms with van der Waals surface area (Å²) in [5.74, 6) is -2.11. The molecule has 1 heterocycles. The number of ketones is 1. The highest BCUT2D eigenvalue weighted by atomic mass is 32.2. The number of hydrogen-bond donors (Lipinski definition) is 1. The summed E-state index contributed by atoms with van der Waals surface area (Å²) >= 11 is 0. The van der Waals surface area contributed by atoms with Crippen LogP contribution in [-0.4, -0.2) is 56.1 Å². The van der Waals surface area contributed by atoms with Gasteiger partial charge in [0.25, 0.3) is 5.91 Å². The fraction of sp³-hybridized carbons (Fsp3) is 0.412. The van der Waals surface area contributed by atoms with Crippen LogP contribution in [0, 0.1) is 0 Å². The monoisotopic (exact) mass is 396 g/mol. The maximum atomic E-state index is 12.3. The van der Waals surface area contributed by atoms with Crippen LogP contribution in [0.2, 0.25) is 0 Å². The van der Waals surface area contributed by atoms with Crippen molar-refractivity contribution >= 4 is 33.6 Å². The molecule has 0 spiro atoms. The summed E-state index contributed by atoms with van der Waals surface area (Å²) in [6.07, 6.45) is 0.843. The standard InChI is InChI=1S/C17H20N2O7S/c1-11(17(23)26-10-16(22)19-9-3-4-15(19)21)18-27(24,25)14-7-5-13(6-8-14)12(2)20/h5-8,11,18H,3-4,9-10H2,1-2H3/t11-/m0/s1. The normalized spacial score (nSPS) is 15.5. The highest BCUT2D eigenvalue weighted by Gasteiger charge is 2.28. The van der Waals surface area contributed by atoms with Gasteiger partial charge in [0.15, 0.2) is 12.4 Å². The lowest BCUT2D eigenvalue weighted by molar-refractivity contribution is -0.155. The first-order valence-electron chi connectivity index (χ1n) is 8.25. The third kappa shape index (κ3) is 5.20. The number of hydrogen-bond acceptors (Lipinski definition) is 7. The predicted octanol–water partition coefficient (Wildman–Crippen LogP) is 0.248. The molecule has 0 bridgehead atoms. The van der Waals surface area contributed by atoms with Crippen molar-refractivity contribution in [2.24, 2.45) is 0 Å². The molecule has 1 fully saturated rings. The van der Waals surface area contributed by atoms with E-state index in [-0.39, 0.29) is 29.6 Å². The van der Waals surface area contributed by atoms with E-state index >= 15 is 0 Å². The molecule has 0 aromatic heterocycles. The van der Waals surface area contributed by atoms with Crippen molar-refractivity contribution in [3.05, 3.63) is 29.8 Å². The molecule has 2 rings (SSSR count). The molecule has 1 saturated heterocycles. The molecule has 1 aliphatic rings. The third-order valence-corrected chi connectivity index (χ3v) is 5.53. The summed E-state index contributed by atoms with van der Waals surface area (Å²) in [4.78, 5) is 47.4. The van der Waals surface area contributed by atoms with Crippen LogP contribution in [0.3, 0.4) is 0 Å². The number of nitrogens with one attached hydrogen (secondary N) is 1. The van der Waals surface area contributed by atoms with E-state index in [1.54, 1.807) is 0 Å². The number of ether oxygens (including phenoxy) is 1. The van der Waals surface area contributed by atoms with Crippen LogP contribution >= 0.6 is 0 Å². The van der Waals surface area contributed by atoms with Crippen LogP contribution in [0.15, 0.2) is 29.2 Å². The van der Waals surface area contributed by atoms with E-state index in [0.717, 1.165) is 4.90 Å². The Morgan fingerprint density at radius 1 is 1.22 bits per heavy atom. The second kappa shape index (κ2) is 8.40. The highest BCUT2D eigenvalue weighted by Crippen LogP contribution is 2.12. The van der Waals surface area contributed by atoms with E-state index in [4.69, 9.17) is 4.74 Å². The minimum atomic E-state index is -4.02. The Balaban J connectivity index is 1.93. The number of benzene rings is 1. The highest BCUT2D eigenvalue weighted by molar-refractivity contribution is 7.89. The van der Waals surface area contributed by atoms with E-state index in [2.05, 4.69) is 4.72 Å². The largest absolute Gasteiger partial charge is 0.454 e. The Bertz CT molecular complexity index is 862.